The van der Waals surface area contributed by atoms with Gasteiger partial charge in [-0.1, -0.05) is 42.5 Å². The molecule has 1 aliphatic rings. The van der Waals surface area contributed by atoms with Gasteiger partial charge in [-0.15, -0.1) is 24.0 Å². The molecule has 2 N–H and O–H groups in total. The molecule has 0 aromatic heterocycles. The lowest BCUT2D eigenvalue weighted by Gasteiger charge is -2.37. The SMILES string of the molecule is CN=C(NCCCCOCc1ccccc1)N1CCN(c2ccccc2O)CC1.I. The van der Waals surface area contributed by atoms with Gasteiger partial charge < -0.3 is 25.0 Å². The van der Waals surface area contributed by atoms with Gasteiger partial charge in [0.05, 0.1) is 12.3 Å². The van der Waals surface area contributed by atoms with Crippen LogP contribution in [0.15, 0.2) is 59.6 Å². The van der Waals surface area contributed by atoms with Crippen LogP contribution < -0.4 is 10.2 Å². The van der Waals surface area contributed by atoms with Crippen molar-refractivity contribution in [2.75, 3.05) is 51.3 Å². The average molecular weight is 524 g/mol. The maximum Gasteiger partial charge on any atom is 0.193 e. The highest BCUT2D eigenvalue weighted by Crippen LogP contribution is 2.27. The summed E-state index contributed by atoms with van der Waals surface area (Å²) in [5.41, 5.74) is 2.12. The smallest absolute Gasteiger partial charge is 0.193 e. The Morgan fingerprint density at radius 2 is 1.70 bits per heavy atom. The van der Waals surface area contributed by atoms with Gasteiger partial charge in [0.25, 0.3) is 0 Å². The van der Waals surface area contributed by atoms with Gasteiger partial charge in [-0.25, -0.2) is 0 Å². The molecular weight excluding hydrogens is 491 g/mol. The Balaban J connectivity index is 0.00000320. The van der Waals surface area contributed by atoms with Crippen molar-refractivity contribution >= 4 is 35.6 Å². The highest BCUT2D eigenvalue weighted by atomic mass is 127. The molecule has 0 unspecified atom stereocenters. The quantitative estimate of drug-likeness (QED) is 0.239. The summed E-state index contributed by atoms with van der Waals surface area (Å²) in [7, 11) is 1.83. The van der Waals surface area contributed by atoms with Crippen molar-refractivity contribution < 1.29 is 9.84 Å². The van der Waals surface area contributed by atoms with Crippen LogP contribution >= 0.6 is 24.0 Å². The highest BCUT2D eigenvalue weighted by molar-refractivity contribution is 14.0. The lowest BCUT2D eigenvalue weighted by molar-refractivity contribution is 0.117. The summed E-state index contributed by atoms with van der Waals surface area (Å²) in [6.07, 6.45) is 2.07. The Bertz CT molecular complexity index is 765. The zero-order chi connectivity index (χ0) is 20.3. The molecule has 1 fully saturated rings. The second-order valence-corrected chi connectivity index (χ2v) is 7.18. The van der Waals surface area contributed by atoms with Crippen molar-refractivity contribution in [3.8, 4) is 5.75 Å². The predicted octanol–water partition coefficient (Wildman–Crippen LogP) is 3.70. The van der Waals surface area contributed by atoms with Gasteiger partial charge >= 0.3 is 0 Å². The molecule has 0 atom stereocenters. The highest BCUT2D eigenvalue weighted by Gasteiger charge is 2.21. The largest absolute Gasteiger partial charge is 0.506 e. The molecule has 3 rings (SSSR count). The lowest BCUT2D eigenvalue weighted by Crippen LogP contribution is -2.52. The summed E-state index contributed by atoms with van der Waals surface area (Å²) in [5, 5.41) is 13.5. The molecule has 164 valence electrons. The average Bonchev–Trinajstić information content (AvgIpc) is 2.77. The fourth-order valence-corrected chi connectivity index (χ4v) is 3.52. The van der Waals surface area contributed by atoms with Crippen molar-refractivity contribution in [1.29, 1.82) is 0 Å². The van der Waals surface area contributed by atoms with Crippen LogP contribution in [0.5, 0.6) is 5.75 Å². The molecule has 0 radical (unpaired) electrons. The second kappa shape index (κ2) is 13.3. The van der Waals surface area contributed by atoms with Crippen molar-refractivity contribution in [3.05, 3.63) is 60.2 Å². The van der Waals surface area contributed by atoms with E-state index >= 15 is 0 Å². The fourth-order valence-electron chi connectivity index (χ4n) is 3.52. The van der Waals surface area contributed by atoms with Crippen LogP contribution in [0.25, 0.3) is 0 Å². The Morgan fingerprint density at radius 3 is 2.40 bits per heavy atom. The minimum absolute atomic E-state index is 0. The first-order chi connectivity index (χ1) is 14.3. The molecule has 2 aromatic carbocycles. The van der Waals surface area contributed by atoms with Gasteiger partial charge in [-0.2, -0.15) is 0 Å². The van der Waals surface area contributed by atoms with E-state index in [1.54, 1.807) is 6.07 Å². The van der Waals surface area contributed by atoms with Gasteiger partial charge in [0.2, 0.25) is 0 Å². The number of anilines is 1. The van der Waals surface area contributed by atoms with E-state index in [-0.39, 0.29) is 24.0 Å². The first-order valence-electron chi connectivity index (χ1n) is 10.4. The van der Waals surface area contributed by atoms with E-state index in [4.69, 9.17) is 4.74 Å². The van der Waals surface area contributed by atoms with Crippen LogP contribution in [0.2, 0.25) is 0 Å². The molecular formula is C23H33IN4O2. The molecule has 30 heavy (non-hydrogen) atoms. The number of phenols is 1. The Morgan fingerprint density at radius 1 is 1.00 bits per heavy atom. The molecule has 0 amide bonds. The first-order valence-corrected chi connectivity index (χ1v) is 10.4. The first kappa shape index (κ1) is 24.3. The summed E-state index contributed by atoms with van der Waals surface area (Å²) < 4.78 is 5.74. The van der Waals surface area contributed by atoms with E-state index in [0.29, 0.717) is 12.4 Å². The Kier molecular flexibility index (Phi) is 10.8. The van der Waals surface area contributed by atoms with Crippen molar-refractivity contribution in [2.45, 2.75) is 19.4 Å². The number of ether oxygens (including phenoxy) is 1. The lowest BCUT2D eigenvalue weighted by atomic mass is 10.2. The van der Waals surface area contributed by atoms with E-state index in [0.717, 1.165) is 63.8 Å². The summed E-state index contributed by atoms with van der Waals surface area (Å²) >= 11 is 0. The van der Waals surface area contributed by atoms with Crippen LogP contribution in [-0.4, -0.2) is 62.3 Å². The number of nitrogens with one attached hydrogen (secondary N) is 1. The molecule has 1 heterocycles. The second-order valence-electron chi connectivity index (χ2n) is 7.18. The molecule has 0 aliphatic carbocycles. The van der Waals surface area contributed by atoms with Crippen molar-refractivity contribution in [2.24, 2.45) is 4.99 Å². The van der Waals surface area contributed by atoms with Crippen LogP contribution in [0.3, 0.4) is 0 Å². The molecule has 7 heteroatoms. The zero-order valence-electron chi connectivity index (χ0n) is 17.7. The molecule has 0 spiro atoms. The van der Waals surface area contributed by atoms with E-state index in [2.05, 4.69) is 32.2 Å². The minimum Gasteiger partial charge on any atom is -0.506 e. The number of aromatic hydroxyl groups is 1. The Labute approximate surface area is 197 Å². The van der Waals surface area contributed by atoms with E-state index in [1.807, 2.05) is 43.4 Å². The number of phenolic OH excluding ortho intramolecular Hbond substituents is 1. The van der Waals surface area contributed by atoms with E-state index < -0.39 is 0 Å². The maximum absolute atomic E-state index is 10.1. The Hall–Kier alpha value is -2.00. The van der Waals surface area contributed by atoms with Crippen LogP contribution in [0.4, 0.5) is 5.69 Å². The number of guanidine groups is 1. The monoisotopic (exact) mass is 524 g/mol. The number of para-hydroxylation sites is 2. The number of benzene rings is 2. The van der Waals surface area contributed by atoms with Crippen LogP contribution in [0, 0.1) is 0 Å². The van der Waals surface area contributed by atoms with Gasteiger partial charge in [0.15, 0.2) is 5.96 Å². The summed E-state index contributed by atoms with van der Waals surface area (Å²) in [6.45, 7) is 5.84. The summed E-state index contributed by atoms with van der Waals surface area (Å²) in [5.74, 6) is 1.30. The summed E-state index contributed by atoms with van der Waals surface area (Å²) in [4.78, 5) is 8.94. The molecule has 0 saturated carbocycles. The van der Waals surface area contributed by atoms with E-state index in [1.165, 1.54) is 5.56 Å². The van der Waals surface area contributed by atoms with Gasteiger partial charge in [-0.05, 0) is 30.5 Å². The minimum atomic E-state index is 0. The number of halogens is 1. The standard InChI is InChI=1S/C23H32N4O2.HI/c1-24-23(25-13-7-8-18-29-19-20-9-3-2-4-10-20)27-16-14-26(15-17-27)21-11-5-6-12-22(21)28;/h2-6,9-12,28H,7-8,13-19H2,1H3,(H,24,25);1H. The third kappa shape index (κ3) is 7.36. The predicted molar refractivity (Wildman–Crippen MR) is 134 cm³/mol. The zero-order valence-corrected chi connectivity index (χ0v) is 20.0. The third-order valence-corrected chi connectivity index (χ3v) is 5.12. The number of aliphatic imine (C=N–C) groups is 1. The number of piperazine rings is 1. The van der Waals surface area contributed by atoms with Crippen molar-refractivity contribution in [3.63, 3.8) is 0 Å². The number of hydrogen-bond acceptors (Lipinski definition) is 4. The number of nitrogens with zero attached hydrogens (tertiary/aromatic N) is 3. The topological polar surface area (TPSA) is 60.3 Å². The van der Waals surface area contributed by atoms with Crippen molar-refractivity contribution in [1.82, 2.24) is 10.2 Å². The van der Waals surface area contributed by atoms with Crippen LogP contribution in [0.1, 0.15) is 18.4 Å². The molecule has 1 saturated heterocycles. The molecule has 0 bridgehead atoms. The molecule has 2 aromatic rings. The number of rotatable bonds is 8. The third-order valence-electron chi connectivity index (χ3n) is 5.12. The maximum atomic E-state index is 10.1. The van der Waals surface area contributed by atoms with Gasteiger partial charge in [-0.3, -0.25) is 4.99 Å². The molecule has 6 nitrogen and oxygen atoms in total. The fraction of sp³-hybridized carbons (Fsp3) is 0.435. The van der Waals surface area contributed by atoms with Gasteiger partial charge in [0, 0.05) is 46.4 Å². The number of unbranched alkanes of at least 4 members (excludes halogenated alkanes) is 1. The van der Waals surface area contributed by atoms with Gasteiger partial charge in [0.1, 0.15) is 5.75 Å². The normalized spacial score (nSPS) is 14.4. The summed E-state index contributed by atoms with van der Waals surface area (Å²) in [6, 6.07) is 17.8. The van der Waals surface area contributed by atoms with Crippen LogP contribution in [-0.2, 0) is 11.3 Å². The van der Waals surface area contributed by atoms with E-state index in [9.17, 15) is 5.11 Å². The number of hydrogen-bond donors (Lipinski definition) is 2. The molecule has 1 aliphatic heterocycles.